The molecule has 1 aliphatic carbocycles. The van der Waals surface area contributed by atoms with Gasteiger partial charge in [0.15, 0.2) is 0 Å². The molecule has 3 N–H and O–H groups in total. The second kappa shape index (κ2) is 8.00. The van der Waals surface area contributed by atoms with Gasteiger partial charge in [0.2, 0.25) is 11.8 Å². The van der Waals surface area contributed by atoms with E-state index in [0.29, 0.717) is 19.4 Å². The van der Waals surface area contributed by atoms with Gasteiger partial charge < -0.3 is 20.5 Å². The minimum absolute atomic E-state index is 0.0138. The molecule has 25 heavy (non-hydrogen) atoms. The maximum absolute atomic E-state index is 12.2. The van der Waals surface area contributed by atoms with E-state index in [1.54, 1.807) is 12.1 Å². The van der Waals surface area contributed by atoms with Gasteiger partial charge in [-0.1, -0.05) is 12.1 Å². The van der Waals surface area contributed by atoms with E-state index in [4.69, 9.17) is 4.74 Å². The Morgan fingerprint density at radius 3 is 2.32 bits per heavy atom. The standard InChI is InChI=1S/C18H24N2O5/c1-3-25-14-6-4-12(5-7-14)10-13(15(21)22)11-20-17(24)18(8-9-18)16(23)19-2/h4-7,13H,3,8-11H2,1-2H3,(H,19,23)(H,20,24)(H,21,22). The summed E-state index contributed by atoms with van der Waals surface area (Å²) in [6, 6.07) is 7.22. The van der Waals surface area contributed by atoms with Crippen LogP contribution in [0.3, 0.4) is 0 Å². The quantitative estimate of drug-likeness (QED) is 0.577. The van der Waals surface area contributed by atoms with Crippen LogP contribution < -0.4 is 15.4 Å². The molecule has 2 amide bonds. The number of carboxylic acids is 1. The SMILES string of the molecule is CCOc1ccc(CC(CNC(=O)C2(C(=O)NC)CC2)C(=O)O)cc1. The van der Waals surface area contributed by atoms with Crippen LogP contribution in [0.4, 0.5) is 0 Å². The first-order chi connectivity index (χ1) is 11.9. The molecule has 136 valence electrons. The van der Waals surface area contributed by atoms with Crippen LogP contribution in [-0.2, 0) is 20.8 Å². The third kappa shape index (κ3) is 4.49. The lowest BCUT2D eigenvalue weighted by Gasteiger charge is -2.17. The average molecular weight is 348 g/mol. The maximum Gasteiger partial charge on any atom is 0.308 e. The number of benzene rings is 1. The summed E-state index contributed by atoms with van der Waals surface area (Å²) in [6.07, 6.45) is 1.28. The molecule has 1 aliphatic rings. The molecule has 0 heterocycles. The van der Waals surface area contributed by atoms with Crippen molar-refractivity contribution < 1.29 is 24.2 Å². The van der Waals surface area contributed by atoms with Crippen LogP contribution in [0.5, 0.6) is 5.75 Å². The normalized spacial score (nSPS) is 15.8. The van der Waals surface area contributed by atoms with Crippen LogP contribution in [0.1, 0.15) is 25.3 Å². The van der Waals surface area contributed by atoms with Crippen molar-refractivity contribution in [3.63, 3.8) is 0 Å². The third-order valence-corrected chi connectivity index (χ3v) is 4.42. The van der Waals surface area contributed by atoms with E-state index in [0.717, 1.165) is 11.3 Å². The molecule has 0 bridgehead atoms. The van der Waals surface area contributed by atoms with E-state index in [1.165, 1.54) is 7.05 Å². The van der Waals surface area contributed by atoms with E-state index < -0.39 is 23.2 Å². The van der Waals surface area contributed by atoms with Crippen molar-refractivity contribution in [1.29, 1.82) is 0 Å². The summed E-state index contributed by atoms with van der Waals surface area (Å²) >= 11 is 0. The fourth-order valence-electron chi connectivity index (χ4n) is 2.73. The highest BCUT2D eigenvalue weighted by atomic mass is 16.5. The van der Waals surface area contributed by atoms with Crippen molar-refractivity contribution in [1.82, 2.24) is 10.6 Å². The number of carbonyl (C=O) groups is 3. The van der Waals surface area contributed by atoms with Crippen molar-refractivity contribution in [3.05, 3.63) is 29.8 Å². The highest BCUT2D eigenvalue weighted by Crippen LogP contribution is 2.46. The smallest absolute Gasteiger partial charge is 0.308 e. The average Bonchev–Trinajstić information content (AvgIpc) is 3.41. The summed E-state index contributed by atoms with van der Waals surface area (Å²) in [6.45, 7) is 2.44. The molecule has 2 rings (SSSR count). The molecular formula is C18H24N2O5. The number of nitrogens with one attached hydrogen (secondary N) is 2. The van der Waals surface area contributed by atoms with E-state index in [1.807, 2.05) is 19.1 Å². The number of hydrogen-bond acceptors (Lipinski definition) is 4. The first kappa shape index (κ1) is 18.8. The summed E-state index contributed by atoms with van der Waals surface area (Å²) in [5.74, 6) is -1.73. The van der Waals surface area contributed by atoms with Crippen molar-refractivity contribution >= 4 is 17.8 Å². The zero-order valence-corrected chi connectivity index (χ0v) is 14.5. The molecule has 1 atom stereocenters. The fraction of sp³-hybridized carbons (Fsp3) is 0.500. The fourth-order valence-corrected chi connectivity index (χ4v) is 2.73. The van der Waals surface area contributed by atoms with E-state index in [-0.39, 0.29) is 18.9 Å². The van der Waals surface area contributed by atoms with E-state index in [2.05, 4.69) is 10.6 Å². The Labute approximate surface area is 146 Å². The lowest BCUT2D eigenvalue weighted by molar-refractivity contribution is -0.141. The number of carboxylic acid groups (broad SMARTS) is 1. The minimum Gasteiger partial charge on any atom is -0.494 e. The summed E-state index contributed by atoms with van der Waals surface area (Å²) in [7, 11) is 1.49. The van der Waals surface area contributed by atoms with Crippen LogP contribution >= 0.6 is 0 Å². The molecule has 1 saturated carbocycles. The van der Waals surface area contributed by atoms with Gasteiger partial charge >= 0.3 is 5.97 Å². The summed E-state index contributed by atoms with van der Waals surface area (Å²) < 4.78 is 5.36. The Kier molecular flexibility index (Phi) is 6.01. The second-order valence-corrected chi connectivity index (χ2v) is 6.19. The van der Waals surface area contributed by atoms with Gasteiger partial charge in [0.1, 0.15) is 11.2 Å². The van der Waals surface area contributed by atoms with Crippen LogP contribution in [0.25, 0.3) is 0 Å². The molecule has 0 aromatic heterocycles. The van der Waals surface area contributed by atoms with Gasteiger partial charge in [-0.3, -0.25) is 14.4 Å². The van der Waals surface area contributed by atoms with Gasteiger partial charge in [0, 0.05) is 13.6 Å². The number of hydrogen-bond donors (Lipinski definition) is 3. The summed E-state index contributed by atoms with van der Waals surface area (Å²) in [4.78, 5) is 35.5. The predicted octanol–water partition coefficient (Wildman–Crippen LogP) is 0.971. The number of carbonyl (C=O) groups excluding carboxylic acids is 2. The second-order valence-electron chi connectivity index (χ2n) is 6.19. The van der Waals surface area contributed by atoms with Crippen LogP contribution in [0, 0.1) is 11.3 Å². The number of amides is 2. The first-order valence-corrected chi connectivity index (χ1v) is 8.38. The Morgan fingerprint density at radius 1 is 1.20 bits per heavy atom. The van der Waals surface area contributed by atoms with Gasteiger partial charge in [-0.25, -0.2) is 0 Å². The minimum atomic E-state index is -1.02. The molecule has 0 spiro atoms. The van der Waals surface area contributed by atoms with Gasteiger partial charge in [-0.2, -0.15) is 0 Å². The lowest BCUT2D eigenvalue weighted by atomic mass is 9.98. The monoisotopic (exact) mass is 348 g/mol. The van der Waals surface area contributed by atoms with Crippen molar-refractivity contribution in [3.8, 4) is 5.75 Å². The van der Waals surface area contributed by atoms with Crippen molar-refractivity contribution in [2.24, 2.45) is 11.3 Å². The van der Waals surface area contributed by atoms with Crippen LogP contribution in [0.2, 0.25) is 0 Å². The van der Waals surface area contributed by atoms with Gasteiger partial charge in [0.05, 0.1) is 12.5 Å². The number of rotatable bonds is 9. The molecule has 1 aromatic rings. The van der Waals surface area contributed by atoms with Crippen molar-refractivity contribution in [2.45, 2.75) is 26.2 Å². The molecular weight excluding hydrogens is 324 g/mol. The molecule has 0 aliphatic heterocycles. The summed E-state index contributed by atoms with van der Waals surface area (Å²) in [5, 5.41) is 14.5. The van der Waals surface area contributed by atoms with E-state index >= 15 is 0 Å². The molecule has 1 aromatic carbocycles. The van der Waals surface area contributed by atoms with Gasteiger partial charge in [-0.15, -0.1) is 0 Å². The highest BCUT2D eigenvalue weighted by molar-refractivity contribution is 6.07. The maximum atomic E-state index is 12.2. The molecule has 1 fully saturated rings. The first-order valence-electron chi connectivity index (χ1n) is 8.38. The van der Waals surface area contributed by atoms with Gasteiger partial charge in [-0.05, 0) is 43.9 Å². The van der Waals surface area contributed by atoms with E-state index in [9.17, 15) is 19.5 Å². The largest absolute Gasteiger partial charge is 0.494 e. The highest BCUT2D eigenvalue weighted by Gasteiger charge is 2.56. The molecule has 7 heteroatoms. The molecule has 7 nitrogen and oxygen atoms in total. The zero-order chi connectivity index (χ0) is 18.4. The predicted molar refractivity (Wildman–Crippen MR) is 91.2 cm³/mol. The number of ether oxygens (including phenoxy) is 1. The Morgan fingerprint density at radius 2 is 1.84 bits per heavy atom. The third-order valence-electron chi connectivity index (χ3n) is 4.42. The van der Waals surface area contributed by atoms with Crippen molar-refractivity contribution in [2.75, 3.05) is 20.2 Å². The Hall–Kier alpha value is -2.57. The number of aliphatic carboxylic acids is 1. The molecule has 0 radical (unpaired) electrons. The van der Waals surface area contributed by atoms with Crippen LogP contribution in [-0.4, -0.2) is 43.1 Å². The van der Waals surface area contributed by atoms with Crippen LogP contribution in [0.15, 0.2) is 24.3 Å². The lowest BCUT2D eigenvalue weighted by Crippen LogP contribution is -2.44. The summed E-state index contributed by atoms with van der Waals surface area (Å²) in [5.41, 5.74) is -0.172. The zero-order valence-electron chi connectivity index (χ0n) is 14.5. The molecule has 1 unspecified atom stereocenters. The van der Waals surface area contributed by atoms with Gasteiger partial charge in [0.25, 0.3) is 0 Å². The Bertz CT molecular complexity index is 637. The Balaban J connectivity index is 1.94. The molecule has 0 saturated heterocycles. The topological polar surface area (TPSA) is 105 Å².